The standard InChI is InChI=1S/C16H25N/c1-13-7-6-10-16(11-13)14(2)17-12-15-8-4-3-5-9-15/h6-7,10-11,14-15,17H,3-5,8-9,12H2,1-2H3/t14-/m1/s1. The summed E-state index contributed by atoms with van der Waals surface area (Å²) in [6.07, 6.45) is 7.17. The highest BCUT2D eigenvalue weighted by molar-refractivity contribution is 5.24. The van der Waals surface area contributed by atoms with Crippen LogP contribution >= 0.6 is 0 Å². The Bertz CT molecular complexity index is 339. The lowest BCUT2D eigenvalue weighted by Gasteiger charge is -2.24. The van der Waals surface area contributed by atoms with Crippen molar-refractivity contribution in [1.29, 1.82) is 0 Å². The Hall–Kier alpha value is -0.820. The zero-order valence-electron chi connectivity index (χ0n) is 11.2. The maximum absolute atomic E-state index is 3.70. The number of aryl methyl sites for hydroxylation is 1. The van der Waals surface area contributed by atoms with E-state index in [2.05, 4.69) is 43.4 Å². The Morgan fingerprint density at radius 2 is 2.00 bits per heavy atom. The maximum Gasteiger partial charge on any atom is 0.0292 e. The van der Waals surface area contributed by atoms with Gasteiger partial charge in [0.2, 0.25) is 0 Å². The second kappa shape index (κ2) is 6.20. The molecule has 1 saturated carbocycles. The van der Waals surface area contributed by atoms with Gasteiger partial charge in [-0.15, -0.1) is 0 Å². The van der Waals surface area contributed by atoms with E-state index < -0.39 is 0 Å². The van der Waals surface area contributed by atoms with Crippen LogP contribution in [0.3, 0.4) is 0 Å². The van der Waals surface area contributed by atoms with Gasteiger partial charge in [0.25, 0.3) is 0 Å². The zero-order valence-corrected chi connectivity index (χ0v) is 11.2. The molecule has 1 atom stereocenters. The predicted molar refractivity (Wildman–Crippen MR) is 74.2 cm³/mol. The molecule has 1 aromatic rings. The van der Waals surface area contributed by atoms with Crippen molar-refractivity contribution in [2.45, 2.75) is 52.0 Å². The monoisotopic (exact) mass is 231 g/mol. The molecule has 1 aliphatic rings. The molecule has 0 saturated heterocycles. The highest BCUT2D eigenvalue weighted by Gasteiger charge is 2.14. The van der Waals surface area contributed by atoms with Crippen LogP contribution in [-0.4, -0.2) is 6.54 Å². The summed E-state index contributed by atoms with van der Waals surface area (Å²) < 4.78 is 0. The molecule has 0 spiro atoms. The Morgan fingerprint density at radius 1 is 1.24 bits per heavy atom. The maximum atomic E-state index is 3.70. The van der Waals surface area contributed by atoms with Gasteiger partial charge < -0.3 is 5.32 Å². The molecule has 0 heterocycles. The topological polar surface area (TPSA) is 12.0 Å². The number of rotatable bonds is 4. The van der Waals surface area contributed by atoms with Gasteiger partial charge in [-0.3, -0.25) is 0 Å². The summed E-state index contributed by atoms with van der Waals surface area (Å²) >= 11 is 0. The molecule has 0 unspecified atom stereocenters. The molecule has 0 aliphatic heterocycles. The van der Waals surface area contributed by atoms with E-state index in [0.717, 1.165) is 5.92 Å². The number of nitrogens with one attached hydrogen (secondary N) is 1. The summed E-state index contributed by atoms with van der Waals surface area (Å²) in [5.41, 5.74) is 2.77. The van der Waals surface area contributed by atoms with Crippen LogP contribution in [0.2, 0.25) is 0 Å². The van der Waals surface area contributed by atoms with E-state index >= 15 is 0 Å². The molecule has 1 N–H and O–H groups in total. The van der Waals surface area contributed by atoms with Crippen molar-refractivity contribution in [2.24, 2.45) is 5.92 Å². The third-order valence-corrected chi connectivity index (χ3v) is 3.98. The minimum Gasteiger partial charge on any atom is -0.310 e. The fourth-order valence-electron chi connectivity index (χ4n) is 2.79. The van der Waals surface area contributed by atoms with Crippen LogP contribution in [0.15, 0.2) is 24.3 Å². The first-order chi connectivity index (χ1) is 8.25. The molecule has 17 heavy (non-hydrogen) atoms. The summed E-state index contributed by atoms with van der Waals surface area (Å²) in [6.45, 7) is 5.63. The van der Waals surface area contributed by atoms with Gasteiger partial charge in [-0.1, -0.05) is 49.1 Å². The summed E-state index contributed by atoms with van der Waals surface area (Å²) in [6, 6.07) is 9.32. The van der Waals surface area contributed by atoms with Crippen molar-refractivity contribution in [1.82, 2.24) is 5.32 Å². The van der Waals surface area contributed by atoms with Crippen molar-refractivity contribution in [3.8, 4) is 0 Å². The minimum atomic E-state index is 0.483. The normalized spacial score (nSPS) is 19.2. The second-order valence-electron chi connectivity index (χ2n) is 5.55. The van der Waals surface area contributed by atoms with Crippen LogP contribution in [0.1, 0.15) is 56.2 Å². The van der Waals surface area contributed by atoms with Crippen molar-refractivity contribution in [3.05, 3.63) is 35.4 Å². The lowest BCUT2D eigenvalue weighted by molar-refractivity contribution is 0.331. The van der Waals surface area contributed by atoms with Gasteiger partial charge in [0.1, 0.15) is 0 Å². The van der Waals surface area contributed by atoms with Crippen LogP contribution in [0.25, 0.3) is 0 Å². The molecule has 1 aliphatic carbocycles. The largest absolute Gasteiger partial charge is 0.310 e. The molecule has 0 radical (unpaired) electrons. The smallest absolute Gasteiger partial charge is 0.0292 e. The lowest BCUT2D eigenvalue weighted by Crippen LogP contribution is -2.27. The van der Waals surface area contributed by atoms with Crippen molar-refractivity contribution >= 4 is 0 Å². The number of benzene rings is 1. The molecule has 94 valence electrons. The second-order valence-corrected chi connectivity index (χ2v) is 5.55. The van der Waals surface area contributed by atoms with Gasteiger partial charge in [0.05, 0.1) is 0 Å². The molecule has 0 bridgehead atoms. The van der Waals surface area contributed by atoms with Crippen LogP contribution in [0.4, 0.5) is 0 Å². The van der Waals surface area contributed by atoms with Crippen LogP contribution < -0.4 is 5.32 Å². The number of hydrogen-bond acceptors (Lipinski definition) is 1. The summed E-state index contributed by atoms with van der Waals surface area (Å²) in [5, 5.41) is 3.70. The lowest BCUT2D eigenvalue weighted by atomic mass is 9.89. The average molecular weight is 231 g/mol. The van der Waals surface area contributed by atoms with Gasteiger partial charge in [0.15, 0.2) is 0 Å². The fourth-order valence-corrected chi connectivity index (χ4v) is 2.79. The van der Waals surface area contributed by atoms with E-state index in [-0.39, 0.29) is 0 Å². The Labute approximate surface area is 106 Å². The molecule has 2 rings (SSSR count). The molecule has 1 aromatic carbocycles. The Kier molecular flexibility index (Phi) is 4.61. The first-order valence-corrected chi connectivity index (χ1v) is 7.05. The van der Waals surface area contributed by atoms with Crippen molar-refractivity contribution < 1.29 is 0 Å². The van der Waals surface area contributed by atoms with E-state index in [1.54, 1.807) is 0 Å². The van der Waals surface area contributed by atoms with Gasteiger partial charge in [-0.05, 0) is 44.7 Å². The molecular weight excluding hydrogens is 206 g/mol. The van der Waals surface area contributed by atoms with Crippen molar-refractivity contribution in [2.75, 3.05) is 6.54 Å². The van der Waals surface area contributed by atoms with Gasteiger partial charge in [0, 0.05) is 6.04 Å². The van der Waals surface area contributed by atoms with Gasteiger partial charge in [-0.2, -0.15) is 0 Å². The quantitative estimate of drug-likeness (QED) is 0.818. The summed E-state index contributed by atoms with van der Waals surface area (Å²) in [7, 11) is 0. The SMILES string of the molecule is Cc1cccc([C@@H](C)NCC2CCCCC2)c1. The summed E-state index contributed by atoms with van der Waals surface area (Å²) in [5.74, 6) is 0.913. The predicted octanol–water partition coefficient (Wildman–Crippen LogP) is 4.23. The molecular formula is C16H25N. The third kappa shape index (κ3) is 3.85. The van der Waals surface area contributed by atoms with E-state index in [9.17, 15) is 0 Å². The van der Waals surface area contributed by atoms with E-state index in [4.69, 9.17) is 0 Å². The van der Waals surface area contributed by atoms with E-state index in [0.29, 0.717) is 6.04 Å². The molecule has 0 amide bonds. The van der Waals surface area contributed by atoms with E-state index in [1.165, 1.54) is 49.8 Å². The molecule has 1 nitrogen and oxygen atoms in total. The van der Waals surface area contributed by atoms with Crippen molar-refractivity contribution in [3.63, 3.8) is 0 Å². The van der Waals surface area contributed by atoms with E-state index in [1.807, 2.05) is 0 Å². The Balaban J connectivity index is 1.82. The van der Waals surface area contributed by atoms with Crippen LogP contribution in [0.5, 0.6) is 0 Å². The van der Waals surface area contributed by atoms with Gasteiger partial charge in [-0.25, -0.2) is 0 Å². The first kappa shape index (κ1) is 12.6. The van der Waals surface area contributed by atoms with Gasteiger partial charge >= 0.3 is 0 Å². The summed E-state index contributed by atoms with van der Waals surface area (Å²) in [4.78, 5) is 0. The molecule has 0 aromatic heterocycles. The first-order valence-electron chi connectivity index (χ1n) is 7.05. The Morgan fingerprint density at radius 3 is 2.71 bits per heavy atom. The molecule has 1 fully saturated rings. The average Bonchev–Trinajstić information content (AvgIpc) is 2.37. The molecule has 1 heteroatoms. The number of hydrogen-bond donors (Lipinski definition) is 1. The van der Waals surface area contributed by atoms with Crippen LogP contribution in [0, 0.1) is 12.8 Å². The third-order valence-electron chi connectivity index (χ3n) is 3.98. The minimum absolute atomic E-state index is 0.483. The highest BCUT2D eigenvalue weighted by Crippen LogP contribution is 2.23. The highest BCUT2D eigenvalue weighted by atomic mass is 14.9. The zero-order chi connectivity index (χ0) is 12.1. The fraction of sp³-hybridized carbons (Fsp3) is 0.625. The van der Waals surface area contributed by atoms with Crippen LogP contribution in [-0.2, 0) is 0 Å².